The van der Waals surface area contributed by atoms with E-state index in [1.807, 2.05) is 11.4 Å². The molecule has 1 unspecified atom stereocenters. The van der Waals surface area contributed by atoms with E-state index in [9.17, 15) is 9.50 Å². The van der Waals surface area contributed by atoms with E-state index in [4.69, 9.17) is 11.6 Å². The zero-order valence-corrected chi connectivity index (χ0v) is 12.4. The molecule has 90 valence electrons. The second kappa shape index (κ2) is 5.65. The summed E-state index contributed by atoms with van der Waals surface area (Å²) < 4.78 is 14.3. The van der Waals surface area contributed by atoms with Gasteiger partial charge in [0.05, 0.1) is 14.0 Å². The molecular formula is C12H9ClFIOS. The lowest BCUT2D eigenvalue weighted by Crippen LogP contribution is -2.00. The van der Waals surface area contributed by atoms with E-state index in [-0.39, 0.29) is 5.02 Å². The third kappa shape index (κ3) is 3.40. The standard InChI is InChI=1S/C12H9ClFIOS/c13-9-2-1-7(3-10(9)14)4-11(16)8-5-12(15)17-6-8/h1-3,5-6,11,16H,4H2. The quantitative estimate of drug-likeness (QED) is 0.779. The molecular weight excluding hydrogens is 374 g/mol. The number of rotatable bonds is 3. The molecule has 2 aromatic rings. The molecule has 0 saturated heterocycles. The zero-order valence-electron chi connectivity index (χ0n) is 8.66. The van der Waals surface area contributed by atoms with Gasteiger partial charge in [-0.3, -0.25) is 0 Å². The van der Waals surface area contributed by atoms with Crippen molar-refractivity contribution in [1.82, 2.24) is 0 Å². The Morgan fingerprint density at radius 3 is 2.76 bits per heavy atom. The van der Waals surface area contributed by atoms with Crippen molar-refractivity contribution in [3.05, 3.63) is 54.5 Å². The molecule has 1 aromatic carbocycles. The van der Waals surface area contributed by atoms with E-state index in [1.165, 1.54) is 12.1 Å². The molecule has 17 heavy (non-hydrogen) atoms. The largest absolute Gasteiger partial charge is 0.388 e. The summed E-state index contributed by atoms with van der Waals surface area (Å²) in [6.07, 6.45) is -0.212. The van der Waals surface area contributed by atoms with Crippen LogP contribution >= 0.6 is 45.5 Å². The van der Waals surface area contributed by atoms with Crippen molar-refractivity contribution in [2.45, 2.75) is 12.5 Å². The van der Waals surface area contributed by atoms with Gasteiger partial charge in [0, 0.05) is 6.42 Å². The molecule has 0 aliphatic carbocycles. The fraction of sp³-hybridized carbons (Fsp3) is 0.167. The highest BCUT2D eigenvalue weighted by Gasteiger charge is 2.11. The number of thiophene rings is 1. The Labute approximate surface area is 121 Å². The minimum atomic E-state index is -0.602. The number of aliphatic hydroxyl groups excluding tert-OH is 1. The van der Waals surface area contributed by atoms with E-state index in [0.29, 0.717) is 6.42 Å². The van der Waals surface area contributed by atoms with Gasteiger partial charge in [-0.1, -0.05) is 17.7 Å². The Kier molecular flexibility index (Phi) is 4.41. The fourth-order valence-electron chi connectivity index (χ4n) is 1.51. The molecule has 2 rings (SSSR count). The predicted octanol–water partition coefficient (Wildman–Crippen LogP) is 4.42. The number of benzene rings is 1. The van der Waals surface area contributed by atoms with Gasteiger partial charge >= 0.3 is 0 Å². The summed E-state index contributed by atoms with van der Waals surface area (Å²) in [5.41, 5.74) is 1.61. The first-order chi connectivity index (χ1) is 8.06. The Morgan fingerprint density at radius 2 is 2.18 bits per heavy atom. The van der Waals surface area contributed by atoms with Crippen molar-refractivity contribution in [2.75, 3.05) is 0 Å². The second-order valence-corrected chi connectivity index (χ2v) is 6.87. The normalized spacial score (nSPS) is 12.7. The highest BCUT2D eigenvalue weighted by molar-refractivity contribution is 14.1. The number of hydrogen-bond donors (Lipinski definition) is 1. The average Bonchev–Trinajstić information content (AvgIpc) is 2.70. The van der Waals surface area contributed by atoms with Crippen molar-refractivity contribution < 1.29 is 9.50 Å². The molecule has 1 nitrogen and oxygen atoms in total. The molecule has 0 bridgehead atoms. The van der Waals surface area contributed by atoms with Gasteiger partial charge in [0.25, 0.3) is 0 Å². The van der Waals surface area contributed by atoms with E-state index in [1.54, 1.807) is 17.4 Å². The monoisotopic (exact) mass is 382 g/mol. The van der Waals surface area contributed by atoms with Gasteiger partial charge in [-0.05, 0) is 57.3 Å². The van der Waals surface area contributed by atoms with E-state index in [0.717, 1.165) is 14.0 Å². The van der Waals surface area contributed by atoms with Gasteiger partial charge in [0.15, 0.2) is 0 Å². The van der Waals surface area contributed by atoms with Gasteiger partial charge in [-0.2, -0.15) is 0 Å². The molecule has 0 saturated carbocycles. The highest BCUT2D eigenvalue weighted by atomic mass is 127. The highest BCUT2D eigenvalue weighted by Crippen LogP contribution is 2.26. The van der Waals surface area contributed by atoms with Crippen molar-refractivity contribution in [2.24, 2.45) is 0 Å². The predicted molar refractivity (Wildman–Crippen MR) is 77.1 cm³/mol. The first-order valence-electron chi connectivity index (χ1n) is 4.92. The van der Waals surface area contributed by atoms with Crippen LogP contribution in [0.3, 0.4) is 0 Å². The van der Waals surface area contributed by atoms with Crippen LogP contribution < -0.4 is 0 Å². The van der Waals surface area contributed by atoms with E-state index >= 15 is 0 Å². The van der Waals surface area contributed by atoms with Crippen molar-refractivity contribution in [3.8, 4) is 0 Å². The first kappa shape index (κ1) is 13.3. The molecule has 0 spiro atoms. The minimum Gasteiger partial charge on any atom is -0.388 e. The molecule has 1 aromatic heterocycles. The maximum atomic E-state index is 13.2. The third-order valence-corrected chi connectivity index (χ3v) is 4.50. The molecule has 0 amide bonds. The van der Waals surface area contributed by atoms with Gasteiger partial charge in [0.1, 0.15) is 5.82 Å². The first-order valence-corrected chi connectivity index (χ1v) is 7.26. The summed E-state index contributed by atoms with van der Waals surface area (Å²) in [7, 11) is 0. The minimum absolute atomic E-state index is 0.105. The van der Waals surface area contributed by atoms with Crippen LogP contribution in [0.5, 0.6) is 0 Å². The molecule has 5 heteroatoms. The van der Waals surface area contributed by atoms with Crippen molar-refractivity contribution >= 4 is 45.5 Å². The molecule has 0 radical (unpaired) electrons. The van der Waals surface area contributed by atoms with Crippen LogP contribution in [0.4, 0.5) is 4.39 Å². The fourth-order valence-corrected chi connectivity index (χ4v) is 3.04. The van der Waals surface area contributed by atoms with Crippen molar-refractivity contribution in [1.29, 1.82) is 0 Å². The molecule has 0 aliphatic heterocycles. The molecule has 1 heterocycles. The Hall–Kier alpha value is -0.170. The Bertz CT molecular complexity index is 529. The summed E-state index contributed by atoms with van der Waals surface area (Å²) in [4.78, 5) is 0. The average molecular weight is 383 g/mol. The van der Waals surface area contributed by atoms with Crippen molar-refractivity contribution in [3.63, 3.8) is 0 Å². The molecule has 1 N–H and O–H groups in total. The zero-order chi connectivity index (χ0) is 12.4. The summed E-state index contributed by atoms with van der Waals surface area (Å²) in [5, 5.41) is 12.0. The van der Waals surface area contributed by atoms with Crippen LogP contribution in [-0.4, -0.2) is 5.11 Å². The third-order valence-electron chi connectivity index (χ3n) is 2.39. The van der Waals surface area contributed by atoms with Crippen LogP contribution in [0.25, 0.3) is 0 Å². The summed E-state index contributed by atoms with van der Waals surface area (Å²) in [6.45, 7) is 0. The smallest absolute Gasteiger partial charge is 0.142 e. The lowest BCUT2D eigenvalue weighted by Gasteiger charge is -2.09. The van der Waals surface area contributed by atoms with Gasteiger partial charge < -0.3 is 5.11 Å². The van der Waals surface area contributed by atoms with Gasteiger partial charge in [0.2, 0.25) is 0 Å². The SMILES string of the molecule is OC(Cc1ccc(Cl)c(F)c1)c1csc(I)c1. The van der Waals surface area contributed by atoms with Gasteiger partial charge in [-0.25, -0.2) is 4.39 Å². The summed E-state index contributed by atoms with van der Waals surface area (Å²) >= 11 is 9.39. The summed E-state index contributed by atoms with van der Waals surface area (Å²) in [5.74, 6) is -0.448. The van der Waals surface area contributed by atoms with Crippen LogP contribution in [0.2, 0.25) is 5.02 Å². The van der Waals surface area contributed by atoms with Crippen LogP contribution in [0.1, 0.15) is 17.2 Å². The Balaban J connectivity index is 2.12. The van der Waals surface area contributed by atoms with Crippen LogP contribution in [0, 0.1) is 8.70 Å². The molecule has 0 fully saturated rings. The van der Waals surface area contributed by atoms with E-state index < -0.39 is 11.9 Å². The maximum Gasteiger partial charge on any atom is 0.142 e. The van der Waals surface area contributed by atoms with Crippen LogP contribution in [-0.2, 0) is 6.42 Å². The molecule has 0 aliphatic rings. The van der Waals surface area contributed by atoms with E-state index in [2.05, 4.69) is 22.6 Å². The second-order valence-electron chi connectivity index (χ2n) is 3.65. The number of aliphatic hydroxyl groups is 1. The lowest BCUT2D eigenvalue weighted by molar-refractivity contribution is 0.179. The van der Waals surface area contributed by atoms with Gasteiger partial charge in [-0.15, -0.1) is 11.3 Å². The summed E-state index contributed by atoms with van der Waals surface area (Å²) in [6, 6.07) is 6.54. The lowest BCUT2D eigenvalue weighted by atomic mass is 10.0. The molecule has 1 atom stereocenters. The number of halogens is 3. The topological polar surface area (TPSA) is 20.2 Å². The Morgan fingerprint density at radius 1 is 1.41 bits per heavy atom. The maximum absolute atomic E-state index is 13.2. The van der Waals surface area contributed by atoms with Crippen LogP contribution in [0.15, 0.2) is 29.6 Å². The number of hydrogen-bond acceptors (Lipinski definition) is 2.